The van der Waals surface area contributed by atoms with Crippen LogP contribution in [0.3, 0.4) is 0 Å². The molecule has 0 bridgehead atoms. The van der Waals surface area contributed by atoms with Crippen LogP contribution in [0.2, 0.25) is 0 Å². The summed E-state index contributed by atoms with van der Waals surface area (Å²) in [6.45, 7) is 0. The van der Waals surface area contributed by atoms with E-state index < -0.39 is 0 Å². The van der Waals surface area contributed by atoms with Gasteiger partial charge in [-0.05, 0) is 167 Å². The normalized spacial score (nSPS) is 12.4. The molecule has 0 spiro atoms. The van der Waals surface area contributed by atoms with Crippen molar-refractivity contribution in [1.82, 2.24) is 19.4 Å². The second kappa shape index (κ2) is 33.2. The number of pyridine rings is 3. The van der Waals surface area contributed by atoms with Crippen LogP contribution in [-0.2, 0) is 0 Å². The van der Waals surface area contributed by atoms with Crippen molar-refractivity contribution in [1.29, 1.82) is 0 Å². The van der Waals surface area contributed by atoms with Gasteiger partial charge in [0.25, 0.3) is 0 Å². The number of benzene rings is 22. The number of anilines is 6. The van der Waals surface area contributed by atoms with Crippen LogP contribution in [0.1, 0.15) is 0 Å². The number of hydrogen-bond acceptors (Lipinski definition) is 10. The first-order valence-corrected chi connectivity index (χ1v) is 50.2. The quantitative estimate of drug-likeness (QED) is 0.130. The van der Waals surface area contributed by atoms with Gasteiger partial charge in [0, 0.05) is 157 Å². The van der Waals surface area contributed by atoms with E-state index in [1.807, 2.05) is 60.3 Å². The molecule has 0 aliphatic carbocycles. The molecule has 10 heterocycles. The van der Waals surface area contributed by atoms with Gasteiger partial charge in [-0.1, -0.05) is 358 Å². The maximum atomic E-state index is 7.04. The Hall–Kier alpha value is -19.2. The molecule has 11 heteroatoms. The molecule has 0 atom stereocenters. The van der Waals surface area contributed by atoms with Gasteiger partial charge in [0.05, 0.1) is 72.9 Å². The Morgan fingerprint density at radius 1 is 0.192 bits per heavy atom. The molecular formula is C135H80N6O4S. The molecule has 0 N–H and O–H groups in total. The van der Waals surface area contributed by atoms with E-state index >= 15 is 0 Å². The van der Waals surface area contributed by atoms with Crippen LogP contribution in [0, 0.1) is 0 Å². The van der Waals surface area contributed by atoms with E-state index in [0.29, 0.717) is 0 Å². The van der Waals surface area contributed by atoms with Crippen LogP contribution >= 0.6 is 11.8 Å². The number of ether oxygens (including phenoxy) is 1. The van der Waals surface area contributed by atoms with Crippen molar-refractivity contribution in [3.05, 3.63) is 485 Å². The van der Waals surface area contributed by atoms with E-state index in [4.69, 9.17) is 32.9 Å². The minimum absolute atomic E-state index is 0.833. The minimum Gasteiger partial charge on any atom is -0.455 e. The first kappa shape index (κ1) is 82.7. The van der Waals surface area contributed by atoms with Crippen molar-refractivity contribution in [3.63, 3.8) is 0 Å². The zero-order chi connectivity index (χ0) is 95.7. The summed E-state index contributed by atoms with van der Waals surface area (Å²) in [5.74, 6) is 1.67. The molecule has 146 heavy (non-hydrogen) atoms. The van der Waals surface area contributed by atoms with Crippen molar-refractivity contribution in [2.45, 2.75) is 9.79 Å². The van der Waals surface area contributed by atoms with Gasteiger partial charge >= 0.3 is 0 Å². The summed E-state index contributed by atoms with van der Waals surface area (Å²) in [7, 11) is 0. The molecule has 0 radical (unpaired) electrons. The summed E-state index contributed by atoms with van der Waals surface area (Å²) in [4.78, 5) is 22.6. The Labute approximate surface area is 840 Å². The molecule has 0 fully saturated rings. The average Bonchev–Trinajstić information content (AvgIpc) is 1.52. The first-order chi connectivity index (χ1) is 72.4. The van der Waals surface area contributed by atoms with Gasteiger partial charge in [0.15, 0.2) is 11.5 Å². The molecular weight excluding hydrogens is 1800 g/mol. The highest BCUT2D eigenvalue weighted by Crippen LogP contribution is 2.56. The fourth-order valence-corrected chi connectivity index (χ4v) is 24.1. The lowest BCUT2D eigenvalue weighted by molar-refractivity contribution is 0.477. The summed E-state index contributed by atoms with van der Waals surface area (Å²) in [5, 5.41) is 21.6. The Kier molecular flexibility index (Phi) is 18.8. The predicted molar refractivity (Wildman–Crippen MR) is 606 cm³/mol. The van der Waals surface area contributed by atoms with Crippen LogP contribution in [0.4, 0.5) is 34.1 Å². The molecule has 680 valence electrons. The van der Waals surface area contributed by atoms with E-state index in [0.717, 1.165) is 232 Å². The van der Waals surface area contributed by atoms with Crippen molar-refractivity contribution in [3.8, 4) is 89.8 Å². The van der Waals surface area contributed by atoms with Gasteiger partial charge in [-0.2, -0.15) is 0 Å². The molecule has 0 saturated heterocycles. The molecule has 8 aromatic heterocycles. The Morgan fingerprint density at radius 3 is 0.911 bits per heavy atom. The largest absolute Gasteiger partial charge is 0.455 e. The molecule has 2 aliphatic rings. The lowest BCUT2D eigenvalue weighted by Crippen LogP contribution is -2.15. The van der Waals surface area contributed by atoms with Gasteiger partial charge in [-0.15, -0.1) is 0 Å². The van der Waals surface area contributed by atoms with Crippen LogP contribution in [0.15, 0.2) is 508 Å². The highest BCUT2D eigenvalue weighted by Gasteiger charge is 2.31. The van der Waals surface area contributed by atoms with Crippen LogP contribution in [0.25, 0.3) is 247 Å². The van der Waals surface area contributed by atoms with Crippen molar-refractivity contribution < 1.29 is 18.0 Å². The predicted octanol–water partition coefficient (Wildman–Crippen LogP) is 38.2. The summed E-state index contributed by atoms with van der Waals surface area (Å²) in [6.07, 6.45) is 0. The van der Waals surface area contributed by atoms with E-state index in [-0.39, 0.29) is 0 Å². The number of rotatable bonds is 9. The lowest BCUT2D eigenvalue weighted by atomic mass is 9.95. The molecule has 22 aromatic carbocycles. The van der Waals surface area contributed by atoms with E-state index in [1.54, 1.807) is 0 Å². The number of para-hydroxylation sites is 14. The number of nitrogens with zero attached hydrogens (tertiary/aromatic N) is 6. The summed E-state index contributed by atoms with van der Waals surface area (Å²) in [6, 6.07) is 171. The fraction of sp³-hybridized carbons (Fsp3) is 0. The molecule has 30 aromatic rings. The second-order valence-electron chi connectivity index (χ2n) is 37.7. The Morgan fingerprint density at radius 2 is 0.493 bits per heavy atom. The third-order valence-corrected chi connectivity index (χ3v) is 30.7. The summed E-state index contributed by atoms with van der Waals surface area (Å²) >= 11 is 1.83. The third-order valence-electron chi connectivity index (χ3n) is 29.5. The van der Waals surface area contributed by atoms with Gasteiger partial charge < -0.3 is 32.2 Å². The van der Waals surface area contributed by atoms with Crippen LogP contribution < -0.4 is 14.5 Å². The number of hydrogen-bond donors (Lipinski definition) is 0. The molecule has 10 nitrogen and oxygen atoms in total. The second-order valence-corrected chi connectivity index (χ2v) is 38.8. The lowest BCUT2D eigenvalue weighted by Gasteiger charge is -2.33. The molecule has 0 unspecified atom stereocenters. The zero-order valence-electron chi connectivity index (χ0n) is 78.4. The highest BCUT2D eigenvalue weighted by atomic mass is 32.2. The van der Waals surface area contributed by atoms with Crippen molar-refractivity contribution >= 4 is 215 Å². The SMILES string of the molecule is c1ccc(-c2nc3ccccc3c3c2ccc2c4cccc(-c5cccc(-c6cc7c8ccccc8n8c9ccccc9c(c6)c78)c5)c4oc23)cc1.c1ccc(-c2nc3ccccc3c3c2ccc2c4cccc(-c5cccc(N6c7ccccc7Oc7ccccc76)c5)c4oc23)cc1.c1ccc(-c2nc3ccccc3c3c2ccc2c4cccc(-c5cccc(N6c7ccccc7Sc7ccccc76)c5)c4oc23)cc1. The van der Waals surface area contributed by atoms with Gasteiger partial charge in [0.2, 0.25) is 0 Å². The topological polar surface area (TPSA) is 98.2 Å². The average molecular weight is 1880 g/mol. The monoisotopic (exact) mass is 1880 g/mol. The molecule has 0 saturated carbocycles. The maximum Gasteiger partial charge on any atom is 0.151 e. The highest BCUT2D eigenvalue weighted by molar-refractivity contribution is 7.99. The standard InChI is InChI=1S/C49H28N2O.C43H26N2O2.C43H26N2OS/c1-2-12-29(13-3-1)46-39-25-24-37-36-20-11-19-33(48(36)52-49(37)45(39)38-18-4-7-21-42(38)50-46)31-15-10-14-30(26-31)32-27-40-34-16-5-8-22-43(34)51-44-23-9-6-17-35(44)41(28-32)47(40)51;1-2-12-27(13-3-1)41-34-25-24-32-31-18-11-17-30(42(31)47-43(32)40(34)33-16-4-5-19-35(33)44-41)28-14-10-15-29(26-28)45-36-20-6-8-22-38(36)46-39-23-9-7-21-37(39)45;1-2-12-27(13-3-1)41-34-25-24-32-31-18-11-17-30(42(31)46-43(32)40(34)33-16-4-5-19-35(33)44-41)28-14-10-15-29(26-28)45-36-20-6-8-22-38(36)47-39-23-9-7-21-37(39)45/h1-28H;2*1-26H. The summed E-state index contributed by atoms with van der Waals surface area (Å²) in [5.41, 5.74) is 33.6. The maximum absolute atomic E-state index is 7.04. The molecule has 32 rings (SSSR count). The molecule has 2 aliphatic heterocycles. The first-order valence-electron chi connectivity index (χ1n) is 49.4. The Balaban J connectivity index is 0.000000102. The number of aromatic nitrogens is 4. The number of furan rings is 3. The fourth-order valence-electron chi connectivity index (χ4n) is 23.1. The minimum atomic E-state index is 0.833. The van der Waals surface area contributed by atoms with Crippen LogP contribution in [0.5, 0.6) is 11.5 Å². The third kappa shape index (κ3) is 13.1. The van der Waals surface area contributed by atoms with E-state index in [2.05, 4.69) is 451 Å². The van der Waals surface area contributed by atoms with Crippen molar-refractivity contribution in [2.24, 2.45) is 0 Å². The summed E-state index contributed by atoms with van der Waals surface area (Å²) < 4.78 is 29.7. The van der Waals surface area contributed by atoms with E-state index in [1.165, 1.54) is 70.4 Å². The van der Waals surface area contributed by atoms with Crippen LogP contribution in [-0.4, -0.2) is 19.4 Å². The molecule has 0 amide bonds. The van der Waals surface area contributed by atoms with E-state index in [9.17, 15) is 0 Å². The number of fused-ring (bicyclic) bond motifs is 31. The van der Waals surface area contributed by atoms with Crippen molar-refractivity contribution in [2.75, 3.05) is 9.80 Å². The smallest absolute Gasteiger partial charge is 0.151 e. The van der Waals surface area contributed by atoms with Gasteiger partial charge in [-0.3, -0.25) is 0 Å². The zero-order valence-corrected chi connectivity index (χ0v) is 79.2. The Bertz CT molecular complexity index is 10100. The van der Waals surface area contributed by atoms with Gasteiger partial charge in [0.1, 0.15) is 33.5 Å². The van der Waals surface area contributed by atoms with Gasteiger partial charge in [-0.25, -0.2) is 15.0 Å².